The molecule has 0 amide bonds. The van der Waals surface area contributed by atoms with Crippen molar-refractivity contribution in [2.24, 2.45) is 10.2 Å². The Morgan fingerprint density at radius 2 is 1.86 bits per heavy atom. The van der Waals surface area contributed by atoms with E-state index in [0.717, 1.165) is 22.6 Å². The topological polar surface area (TPSA) is 62.2 Å². The normalized spacial score (nSPS) is 11.8. The van der Waals surface area contributed by atoms with Crippen LogP contribution in [-0.4, -0.2) is 14.5 Å². The van der Waals surface area contributed by atoms with Crippen molar-refractivity contribution in [3.63, 3.8) is 0 Å². The van der Waals surface area contributed by atoms with Gasteiger partial charge in [0.15, 0.2) is 5.82 Å². The van der Waals surface area contributed by atoms with Crippen LogP contribution in [-0.2, 0) is 6.61 Å². The van der Waals surface area contributed by atoms with Crippen LogP contribution in [0.1, 0.15) is 31.0 Å². The van der Waals surface area contributed by atoms with E-state index in [4.69, 9.17) is 0 Å². The Morgan fingerprint density at radius 3 is 2.55 bits per heavy atom. The van der Waals surface area contributed by atoms with E-state index in [1.54, 1.807) is 0 Å². The second-order valence-electron chi connectivity index (χ2n) is 5.40. The zero-order valence-electron chi connectivity index (χ0n) is 12.6. The van der Waals surface area contributed by atoms with Crippen molar-refractivity contribution in [3.8, 4) is 0 Å². The molecule has 3 rings (SSSR count). The molecule has 0 spiro atoms. The summed E-state index contributed by atoms with van der Waals surface area (Å²) >= 11 is 0. The van der Waals surface area contributed by atoms with Gasteiger partial charge in [0.2, 0.25) is 0 Å². The molecule has 1 N–H and O–H groups in total. The summed E-state index contributed by atoms with van der Waals surface area (Å²) in [5.74, 6) is 0.931. The maximum absolute atomic E-state index is 9.47. The summed E-state index contributed by atoms with van der Waals surface area (Å²) in [6, 6.07) is 13.4. The minimum absolute atomic E-state index is 0.0475. The number of fused-ring (bicyclic) bond motifs is 1. The molecular formula is C17H18N4O. The van der Waals surface area contributed by atoms with Crippen LogP contribution in [0.2, 0.25) is 0 Å². The van der Waals surface area contributed by atoms with Gasteiger partial charge in [-0.25, -0.2) is 4.98 Å². The number of hydrogen-bond acceptors (Lipinski definition) is 4. The quantitative estimate of drug-likeness (QED) is 0.726. The molecule has 0 unspecified atom stereocenters. The lowest BCUT2D eigenvalue weighted by Crippen LogP contribution is -1.90. The first kappa shape index (κ1) is 14.4. The van der Waals surface area contributed by atoms with Crippen molar-refractivity contribution in [1.29, 1.82) is 0 Å². The van der Waals surface area contributed by atoms with Gasteiger partial charge in [0.05, 0.1) is 18.0 Å². The van der Waals surface area contributed by atoms with Crippen molar-refractivity contribution in [3.05, 3.63) is 59.9 Å². The summed E-state index contributed by atoms with van der Waals surface area (Å²) in [5.41, 5.74) is 3.19. The van der Waals surface area contributed by atoms with Gasteiger partial charge >= 0.3 is 0 Å². The van der Waals surface area contributed by atoms with Crippen molar-refractivity contribution < 1.29 is 5.11 Å². The highest BCUT2D eigenvalue weighted by atomic mass is 16.3. The lowest BCUT2D eigenvalue weighted by molar-refractivity contribution is 0.282. The van der Waals surface area contributed by atoms with Crippen molar-refractivity contribution in [2.75, 3.05) is 0 Å². The van der Waals surface area contributed by atoms with Gasteiger partial charge in [0.25, 0.3) is 0 Å². The SMILES string of the molecule is CC(C)c1nc2c(CO)cccn2c1N=Nc1ccccc1. The first-order chi connectivity index (χ1) is 10.7. The van der Waals surface area contributed by atoms with E-state index < -0.39 is 0 Å². The summed E-state index contributed by atoms with van der Waals surface area (Å²) in [4.78, 5) is 4.64. The molecule has 0 saturated carbocycles. The van der Waals surface area contributed by atoms with Gasteiger partial charge in [-0.3, -0.25) is 4.40 Å². The Labute approximate surface area is 129 Å². The summed E-state index contributed by atoms with van der Waals surface area (Å²) in [5, 5.41) is 18.2. The fourth-order valence-electron chi connectivity index (χ4n) is 2.34. The Morgan fingerprint density at radius 1 is 1.09 bits per heavy atom. The molecule has 3 aromatic rings. The van der Waals surface area contributed by atoms with Crippen molar-refractivity contribution in [1.82, 2.24) is 9.38 Å². The molecule has 0 aliphatic heterocycles. The number of imidazole rings is 1. The van der Waals surface area contributed by atoms with Crippen LogP contribution in [0, 0.1) is 0 Å². The molecule has 0 atom stereocenters. The summed E-state index contributed by atoms with van der Waals surface area (Å²) < 4.78 is 1.88. The third-order valence-electron chi connectivity index (χ3n) is 3.47. The molecule has 1 aromatic carbocycles. The largest absolute Gasteiger partial charge is 0.392 e. The van der Waals surface area contributed by atoms with Gasteiger partial charge in [0, 0.05) is 11.8 Å². The average molecular weight is 294 g/mol. The molecule has 0 fully saturated rings. The average Bonchev–Trinajstić information content (AvgIpc) is 2.93. The molecule has 0 radical (unpaired) electrons. The first-order valence-electron chi connectivity index (χ1n) is 7.28. The van der Waals surface area contributed by atoms with Crippen LogP contribution >= 0.6 is 0 Å². The van der Waals surface area contributed by atoms with Crippen molar-refractivity contribution >= 4 is 17.2 Å². The van der Waals surface area contributed by atoms with Crippen LogP contribution in [0.25, 0.3) is 5.65 Å². The Bertz CT molecular complexity index is 806. The minimum atomic E-state index is -0.0475. The number of pyridine rings is 1. The lowest BCUT2D eigenvalue weighted by atomic mass is 10.1. The van der Waals surface area contributed by atoms with Crippen LogP contribution in [0.4, 0.5) is 11.5 Å². The van der Waals surface area contributed by atoms with Gasteiger partial charge in [-0.15, -0.1) is 10.2 Å². The minimum Gasteiger partial charge on any atom is -0.392 e. The maximum Gasteiger partial charge on any atom is 0.183 e. The fourth-order valence-corrected chi connectivity index (χ4v) is 2.34. The van der Waals surface area contributed by atoms with Gasteiger partial charge in [-0.1, -0.05) is 38.1 Å². The van der Waals surface area contributed by atoms with E-state index in [-0.39, 0.29) is 12.5 Å². The summed E-state index contributed by atoms with van der Waals surface area (Å²) in [6.07, 6.45) is 1.90. The van der Waals surface area contributed by atoms with E-state index in [1.807, 2.05) is 53.1 Å². The molecular weight excluding hydrogens is 276 g/mol. The standard InChI is InChI=1S/C17H18N4O/c1-12(2)15-17(20-19-14-8-4-3-5-9-14)21-10-6-7-13(11-22)16(21)18-15/h3-10,12,22H,11H2,1-2H3. The number of benzene rings is 1. The number of hydrogen-bond donors (Lipinski definition) is 1. The highest BCUT2D eigenvalue weighted by Gasteiger charge is 2.16. The molecule has 0 aliphatic rings. The zero-order valence-corrected chi connectivity index (χ0v) is 12.6. The van der Waals surface area contributed by atoms with Crippen LogP contribution < -0.4 is 0 Å². The van der Waals surface area contributed by atoms with Crippen LogP contribution in [0.3, 0.4) is 0 Å². The van der Waals surface area contributed by atoms with Gasteiger partial charge in [-0.2, -0.15) is 0 Å². The highest BCUT2D eigenvalue weighted by Crippen LogP contribution is 2.30. The molecule has 0 aliphatic carbocycles. The molecule has 22 heavy (non-hydrogen) atoms. The Hall–Kier alpha value is -2.53. The molecule has 0 saturated heterocycles. The third-order valence-corrected chi connectivity index (χ3v) is 3.47. The van der Waals surface area contributed by atoms with E-state index in [1.165, 1.54) is 0 Å². The highest BCUT2D eigenvalue weighted by molar-refractivity contribution is 5.57. The molecule has 2 aromatic heterocycles. The Kier molecular flexibility index (Phi) is 3.98. The zero-order chi connectivity index (χ0) is 15.5. The van der Waals surface area contributed by atoms with Gasteiger partial charge in [-0.05, 0) is 24.1 Å². The van der Waals surface area contributed by atoms with E-state index in [0.29, 0.717) is 5.82 Å². The van der Waals surface area contributed by atoms with Crippen molar-refractivity contribution in [2.45, 2.75) is 26.4 Å². The number of aliphatic hydroxyl groups excluding tert-OH is 1. The number of nitrogens with zero attached hydrogens (tertiary/aromatic N) is 4. The summed E-state index contributed by atoms with van der Waals surface area (Å²) in [6.45, 7) is 4.10. The number of aliphatic hydroxyl groups is 1. The van der Waals surface area contributed by atoms with Gasteiger partial charge < -0.3 is 5.11 Å². The predicted octanol–water partition coefficient (Wildman–Crippen LogP) is 4.37. The smallest absolute Gasteiger partial charge is 0.183 e. The third kappa shape index (κ3) is 2.63. The lowest BCUT2D eigenvalue weighted by Gasteiger charge is -2.02. The first-order valence-corrected chi connectivity index (χ1v) is 7.28. The summed E-state index contributed by atoms with van der Waals surface area (Å²) in [7, 11) is 0. The van der Waals surface area contributed by atoms with E-state index in [2.05, 4.69) is 29.1 Å². The van der Waals surface area contributed by atoms with E-state index in [9.17, 15) is 5.11 Å². The number of azo groups is 1. The number of rotatable bonds is 4. The van der Waals surface area contributed by atoms with Gasteiger partial charge in [0.1, 0.15) is 5.65 Å². The van der Waals surface area contributed by atoms with Crippen LogP contribution in [0.5, 0.6) is 0 Å². The fraction of sp³-hybridized carbons (Fsp3) is 0.235. The molecule has 2 heterocycles. The monoisotopic (exact) mass is 294 g/mol. The maximum atomic E-state index is 9.47. The molecule has 5 heteroatoms. The van der Waals surface area contributed by atoms with Crippen LogP contribution in [0.15, 0.2) is 58.9 Å². The molecule has 112 valence electrons. The van der Waals surface area contributed by atoms with E-state index >= 15 is 0 Å². The second-order valence-corrected chi connectivity index (χ2v) is 5.40. The predicted molar refractivity (Wildman–Crippen MR) is 85.8 cm³/mol. The molecule has 0 bridgehead atoms. The Balaban J connectivity index is 2.15. The molecule has 5 nitrogen and oxygen atoms in total. The second kappa shape index (κ2) is 6.07. The number of aromatic nitrogens is 2.